The van der Waals surface area contributed by atoms with E-state index < -0.39 is 11.6 Å². The maximum absolute atomic E-state index is 12.4. The van der Waals surface area contributed by atoms with E-state index in [1.165, 1.54) is 10.5 Å². The molecule has 250 valence electrons. The van der Waals surface area contributed by atoms with Crippen molar-refractivity contribution in [1.29, 1.82) is 0 Å². The van der Waals surface area contributed by atoms with Gasteiger partial charge in [-0.2, -0.15) is 5.10 Å². The molecule has 0 bridgehead atoms. The highest BCUT2D eigenvalue weighted by Gasteiger charge is 2.30. The molecule has 3 aromatic rings. The van der Waals surface area contributed by atoms with Gasteiger partial charge in [0.05, 0.1) is 6.20 Å². The number of nitrogens with zero attached hydrogens (tertiary/aromatic N) is 3. The predicted molar refractivity (Wildman–Crippen MR) is 191 cm³/mol. The van der Waals surface area contributed by atoms with Crippen molar-refractivity contribution in [3.8, 4) is 5.75 Å². The van der Waals surface area contributed by atoms with Crippen molar-refractivity contribution in [2.75, 3.05) is 19.3 Å². The minimum Gasteiger partial charge on any atom is -0.478 e. The fourth-order valence-electron chi connectivity index (χ4n) is 4.48. The highest BCUT2D eigenvalue weighted by molar-refractivity contribution is 7.98. The Morgan fingerprint density at radius 1 is 1.00 bits per heavy atom. The van der Waals surface area contributed by atoms with Crippen molar-refractivity contribution in [3.05, 3.63) is 88.9 Å². The summed E-state index contributed by atoms with van der Waals surface area (Å²) in [6.07, 6.45) is 6.79. The molecule has 0 amide bonds. The Morgan fingerprint density at radius 3 is 1.89 bits per heavy atom. The summed E-state index contributed by atoms with van der Waals surface area (Å²) in [5, 5.41) is 12.9. The second-order valence-electron chi connectivity index (χ2n) is 11.1. The third kappa shape index (κ3) is 14.0. The molecule has 7 nitrogen and oxygen atoms in total. The second kappa shape index (κ2) is 20.5. The molecule has 2 heterocycles. The van der Waals surface area contributed by atoms with Crippen LogP contribution in [0.1, 0.15) is 87.5 Å². The number of benzene rings is 2. The first kappa shape index (κ1) is 41.5. The van der Waals surface area contributed by atoms with Crippen LogP contribution in [0.3, 0.4) is 0 Å². The number of hydrogen-bond donors (Lipinski definition) is 1. The maximum Gasteiger partial charge on any atom is 0.347 e. The first-order valence-electron chi connectivity index (χ1n) is 15.7. The number of ether oxygens (including phenoxy) is 1. The number of carboxylic acids is 1. The number of rotatable bonds is 7. The smallest absolute Gasteiger partial charge is 0.347 e. The molecule has 0 spiro atoms. The van der Waals surface area contributed by atoms with Crippen molar-refractivity contribution >= 4 is 23.5 Å². The van der Waals surface area contributed by atoms with Crippen LogP contribution in [-0.2, 0) is 11.8 Å². The van der Waals surface area contributed by atoms with Gasteiger partial charge in [0.15, 0.2) is 11.4 Å². The van der Waals surface area contributed by atoms with Gasteiger partial charge in [-0.3, -0.25) is 9.48 Å². The van der Waals surface area contributed by atoms with E-state index in [4.69, 9.17) is 9.84 Å². The Labute approximate surface area is 277 Å². The zero-order valence-corrected chi connectivity index (χ0v) is 30.8. The van der Waals surface area contributed by atoms with Crippen LogP contribution in [0.15, 0.2) is 66.0 Å². The molecular weight excluding hydrogens is 582 g/mol. The molecule has 1 aliphatic heterocycles. The molecule has 0 aliphatic carbocycles. The first-order valence-corrected chi connectivity index (χ1v) is 16.9. The molecule has 1 atom stereocenters. The molecule has 1 aromatic heterocycles. The van der Waals surface area contributed by atoms with Crippen molar-refractivity contribution in [1.82, 2.24) is 14.7 Å². The fraction of sp³-hybridized carbons (Fsp3) is 0.486. The summed E-state index contributed by atoms with van der Waals surface area (Å²) in [6, 6.07) is 11.9. The van der Waals surface area contributed by atoms with Crippen molar-refractivity contribution in [2.24, 2.45) is 13.0 Å². The molecule has 1 aliphatic rings. The van der Waals surface area contributed by atoms with Crippen LogP contribution in [0.2, 0.25) is 0 Å². The van der Waals surface area contributed by atoms with Crippen LogP contribution < -0.4 is 4.74 Å². The van der Waals surface area contributed by atoms with Gasteiger partial charge in [0.1, 0.15) is 5.75 Å². The summed E-state index contributed by atoms with van der Waals surface area (Å²) in [7, 11) is 1.91. The van der Waals surface area contributed by atoms with Gasteiger partial charge in [0.2, 0.25) is 0 Å². The molecule has 1 saturated heterocycles. The number of aliphatic carboxylic acids is 1. The predicted octanol–water partition coefficient (Wildman–Crippen LogP) is 9.08. The highest BCUT2D eigenvalue weighted by Crippen LogP contribution is 2.28. The number of carbonyl (C=O) groups excluding carboxylic acids is 1. The standard InChI is InChI=1S/C15H19NOS.C13H18O3.C5H8N2.2C2H6/c1-11(2)16-9-8-13(10-16)15(17)12-4-6-14(18-3)7-5-12;1-8-6-9(2)11(10(3)7-8)16-13(4,5)12(14)15;1-5-3-6-7(2)4-5;2*1-2/h4-7,13H,1,8-10H2,2-3H3;6-7H,1-5H3,(H,14,15);3-4H,1-2H3;2*1-2H3. The molecule has 4 rings (SSSR count). The van der Waals surface area contributed by atoms with Gasteiger partial charge in [-0.15, -0.1) is 11.8 Å². The minimum atomic E-state index is -1.20. The molecule has 2 aromatic carbocycles. The molecule has 8 heteroatoms. The quantitative estimate of drug-likeness (QED) is 0.204. The Balaban J connectivity index is 0.000000654. The summed E-state index contributed by atoms with van der Waals surface area (Å²) in [4.78, 5) is 26.7. The second-order valence-corrected chi connectivity index (χ2v) is 12.0. The van der Waals surface area contributed by atoms with Crippen molar-refractivity contribution in [2.45, 2.75) is 93.1 Å². The Kier molecular flexibility index (Phi) is 18.9. The van der Waals surface area contributed by atoms with Gasteiger partial charge in [-0.25, -0.2) is 4.79 Å². The zero-order valence-electron chi connectivity index (χ0n) is 29.9. The number of Topliss-reactive ketones (excluding diaryl/α,β-unsaturated/α-hetero) is 1. The average molecular weight is 640 g/mol. The summed E-state index contributed by atoms with van der Waals surface area (Å²) >= 11 is 1.69. The summed E-state index contributed by atoms with van der Waals surface area (Å²) in [5.74, 6) is 0.0955. The molecule has 1 fully saturated rings. The molecule has 0 radical (unpaired) electrons. The minimum absolute atomic E-state index is 0.127. The third-order valence-corrected chi connectivity index (χ3v) is 7.53. The van der Waals surface area contributed by atoms with E-state index in [2.05, 4.69) is 16.6 Å². The third-order valence-electron chi connectivity index (χ3n) is 6.78. The highest BCUT2D eigenvalue weighted by atomic mass is 32.2. The number of allylic oxidation sites excluding steroid dienone is 1. The molecule has 1 unspecified atom stereocenters. The van der Waals surface area contributed by atoms with Crippen molar-refractivity contribution in [3.63, 3.8) is 0 Å². The number of carboxylic acid groups (broad SMARTS) is 1. The number of likely N-dealkylation sites (tertiary alicyclic amines) is 1. The van der Waals surface area contributed by atoms with Crippen LogP contribution in [0.5, 0.6) is 5.75 Å². The lowest BCUT2D eigenvalue weighted by Crippen LogP contribution is -2.38. The van der Waals surface area contributed by atoms with Crippen LogP contribution >= 0.6 is 11.8 Å². The van der Waals surface area contributed by atoms with Gasteiger partial charge in [-0.1, -0.05) is 64.1 Å². The van der Waals surface area contributed by atoms with E-state index in [9.17, 15) is 9.59 Å². The molecule has 45 heavy (non-hydrogen) atoms. The van der Waals surface area contributed by atoms with E-state index >= 15 is 0 Å². The first-order chi connectivity index (χ1) is 21.1. The van der Waals surface area contributed by atoms with Crippen LogP contribution in [-0.4, -0.2) is 56.5 Å². The zero-order chi connectivity index (χ0) is 34.9. The molecular formula is C37H57N3O4S. The topological polar surface area (TPSA) is 84.7 Å². The Morgan fingerprint density at radius 2 is 1.53 bits per heavy atom. The van der Waals surface area contributed by atoms with Crippen LogP contribution in [0.4, 0.5) is 0 Å². The van der Waals surface area contributed by atoms with Crippen molar-refractivity contribution < 1.29 is 19.4 Å². The monoisotopic (exact) mass is 639 g/mol. The van der Waals surface area contributed by atoms with E-state index in [-0.39, 0.29) is 11.7 Å². The number of hydrogen-bond acceptors (Lipinski definition) is 6. The van der Waals surface area contributed by atoms with Crippen LogP contribution in [0.25, 0.3) is 0 Å². The summed E-state index contributed by atoms with van der Waals surface area (Å²) < 4.78 is 7.37. The van der Waals surface area contributed by atoms with E-state index in [0.29, 0.717) is 5.75 Å². The Bertz CT molecular complexity index is 1310. The normalized spacial score (nSPS) is 13.4. The molecule has 1 N–H and O–H groups in total. The summed E-state index contributed by atoms with van der Waals surface area (Å²) in [6.45, 7) is 26.7. The van der Waals surface area contributed by atoms with E-state index in [1.807, 2.05) is 124 Å². The lowest BCUT2D eigenvalue weighted by molar-refractivity contribution is -0.152. The summed E-state index contributed by atoms with van der Waals surface area (Å²) in [5.41, 5.74) is 4.98. The van der Waals surface area contributed by atoms with Gasteiger partial charge < -0.3 is 14.7 Å². The van der Waals surface area contributed by atoms with Gasteiger partial charge in [0.25, 0.3) is 0 Å². The maximum atomic E-state index is 12.4. The number of carbonyl (C=O) groups is 2. The Hall–Kier alpha value is -3.52. The van der Waals surface area contributed by atoms with Gasteiger partial charge in [-0.05, 0) is 90.0 Å². The number of aromatic nitrogens is 2. The van der Waals surface area contributed by atoms with Gasteiger partial charge in [0, 0.05) is 48.4 Å². The average Bonchev–Trinajstić information content (AvgIpc) is 3.66. The van der Waals surface area contributed by atoms with E-state index in [1.54, 1.807) is 30.3 Å². The number of aryl methyl sites for hydroxylation is 5. The van der Waals surface area contributed by atoms with E-state index in [0.717, 1.165) is 47.5 Å². The van der Waals surface area contributed by atoms with Crippen LogP contribution in [0, 0.1) is 33.6 Å². The number of thioether (sulfide) groups is 1. The largest absolute Gasteiger partial charge is 0.478 e. The molecule has 0 saturated carbocycles. The lowest BCUT2D eigenvalue weighted by Gasteiger charge is -2.24. The fourth-order valence-corrected chi connectivity index (χ4v) is 4.89. The SMILES string of the molecule is C=C(C)N1CCC(C(=O)c2ccc(SC)cc2)C1.CC.CC.Cc1cc(C)c(OC(C)(C)C(=O)O)c(C)c1.Cc1cnn(C)c1. The van der Waals surface area contributed by atoms with Gasteiger partial charge >= 0.3 is 5.97 Å². The lowest BCUT2D eigenvalue weighted by atomic mass is 9.97. The number of ketones is 1.